The summed E-state index contributed by atoms with van der Waals surface area (Å²) >= 11 is 1.48. The molecule has 30 heavy (non-hydrogen) atoms. The number of pyridine rings is 1. The minimum atomic E-state index is -0.273. The summed E-state index contributed by atoms with van der Waals surface area (Å²) in [5, 5.41) is 5.63. The fraction of sp³-hybridized carbons (Fsp3) is 0.273. The zero-order chi connectivity index (χ0) is 20.9. The summed E-state index contributed by atoms with van der Waals surface area (Å²) in [7, 11) is 0. The molecule has 1 atom stereocenters. The Morgan fingerprint density at radius 1 is 1.23 bits per heavy atom. The first-order chi connectivity index (χ1) is 14.6. The number of benzene rings is 1. The minimum absolute atomic E-state index is 0.124. The van der Waals surface area contributed by atoms with E-state index in [0.717, 1.165) is 47.0 Å². The fourth-order valence-corrected chi connectivity index (χ4v) is 4.48. The molecule has 154 valence electrons. The highest BCUT2D eigenvalue weighted by atomic mass is 32.1. The van der Waals surface area contributed by atoms with Crippen molar-refractivity contribution in [2.24, 2.45) is 5.73 Å². The molecule has 3 aromatic rings. The van der Waals surface area contributed by atoms with Crippen LogP contribution in [0.25, 0.3) is 10.7 Å². The molecule has 1 saturated heterocycles. The lowest BCUT2D eigenvalue weighted by molar-refractivity contribution is -0.122. The fourth-order valence-electron chi connectivity index (χ4n) is 3.68. The summed E-state index contributed by atoms with van der Waals surface area (Å²) in [6.45, 7) is 1.49. The van der Waals surface area contributed by atoms with Crippen LogP contribution >= 0.6 is 11.3 Å². The summed E-state index contributed by atoms with van der Waals surface area (Å²) in [5.74, 6) is -0.397. The molecule has 0 saturated carbocycles. The van der Waals surface area contributed by atoms with Crippen molar-refractivity contribution in [1.82, 2.24) is 14.9 Å². The molecule has 0 aliphatic carbocycles. The topological polar surface area (TPSA) is 101 Å². The number of anilines is 1. The number of nitrogens with zero attached hydrogens (tertiary/aromatic N) is 3. The van der Waals surface area contributed by atoms with Gasteiger partial charge < -0.3 is 11.1 Å². The number of primary amides is 1. The van der Waals surface area contributed by atoms with Crippen molar-refractivity contribution in [2.45, 2.75) is 31.8 Å². The van der Waals surface area contributed by atoms with Crippen molar-refractivity contribution in [2.75, 3.05) is 11.9 Å². The van der Waals surface area contributed by atoms with Crippen molar-refractivity contribution in [1.29, 1.82) is 0 Å². The molecular formula is C22H23N5O2S. The van der Waals surface area contributed by atoms with E-state index in [1.165, 1.54) is 11.3 Å². The summed E-state index contributed by atoms with van der Waals surface area (Å²) < 4.78 is 0. The molecule has 1 aromatic carbocycles. The third-order valence-electron chi connectivity index (χ3n) is 5.07. The average molecular weight is 422 g/mol. The molecule has 7 nitrogen and oxygen atoms in total. The van der Waals surface area contributed by atoms with Crippen LogP contribution in [-0.4, -0.2) is 39.3 Å². The van der Waals surface area contributed by atoms with Gasteiger partial charge in [0.25, 0.3) is 0 Å². The van der Waals surface area contributed by atoms with Gasteiger partial charge in [-0.1, -0.05) is 18.2 Å². The number of thiazole rings is 1. The Bertz CT molecular complexity index is 1040. The lowest BCUT2D eigenvalue weighted by atomic mass is 10.1. The number of nitrogens with two attached hydrogens (primary N) is 1. The van der Waals surface area contributed by atoms with Gasteiger partial charge in [0.1, 0.15) is 5.01 Å². The minimum Gasteiger partial charge on any atom is -0.368 e. The molecule has 1 fully saturated rings. The van der Waals surface area contributed by atoms with E-state index in [1.807, 2.05) is 47.8 Å². The van der Waals surface area contributed by atoms with Gasteiger partial charge in [0, 0.05) is 23.8 Å². The first kappa shape index (κ1) is 20.2. The second-order valence-corrected chi connectivity index (χ2v) is 8.17. The summed E-state index contributed by atoms with van der Waals surface area (Å²) in [5.41, 5.74) is 8.79. The first-order valence-electron chi connectivity index (χ1n) is 9.86. The average Bonchev–Trinajstić information content (AvgIpc) is 3.38. The van der Waals surface area contributed by atoms with Crippen LogP contribution in [0.15, 0.2) is 54.0 Å². The molecule has 3 heterocycles. The Morgan fingerprint density at radius 2 is 2.13 bits per heavy atom. The van der Waals surface area contributed by atoms with Gasteiger partial charge >= 0.3 is 0 Å². The SMILES string of the molecule is NC(=O)C1CCCN1Cc1cccc(NC(=O)Cc2csc(-c3ccccn3)n2)c1. The highest BCUT2D eigenvalue weighted by Crippen LogP contribution is 2.23. The van der Waals surface area contributed by atoms with Gasteiger partial charge in [-0.05, 0) is 49.2 Å². The Morgan fingerprint density at radius 3 is 2.93 bits per heavy atom. The molecule has 0 radical (unpaired) electrons. The summed E-state index contributed by atoms with van der Waals surface area (Å²) in [4.78, 5) is 35.0. The van der Waals surface area contributed by atoms with E-state index in [1.54, 1.807) is 6.20 Å². The molecule has 8 heteroatoms. The molecular weight excluding hydrogens is 398 g/mol. The van der Waals surface area contributed by atoms with Crippen molar-refractivity contribution >= 4 is 28.8 Å². The largest absolute Gasteiger partial charge is 0.368 e. The van der Waals surface area contributed by atoms with Gasteiger partial charge in [0.05, 0.1) is 23.9 Å². The number of likely N-dealkylation sites (tertiary alicyclic amines) is 1. The standard InChI is InChI=1S/C22H23N5O2S/c23-21(29)19-8-4-10-27(19)13-15-5-3-6-16(11-15)25-20(28)12-17-14-30-22(26-17)18-7-1-2-9-24-18/h1-3,5-7,9,11,14,19H,4,8,10,12-13H2,(H2,23,29)(H,25,28). The van der Waals surface area contributed by atoms with Crippen molar-refractivity contribution < 1.29 is 9.59 Å². The molecule has 0 bridgehead atoms. The molecule has 1 unspecified atom stereocenters. The van der Waals surface area contributed by atoms with Gasteiger partial charge in [-0.15, -0.1) is 11.3 Å². The maximum Gasteiger partial charge on any atom is 0.234 e. The number of hydrogen-bond donors (Lipinski definition) is 2. The number of rotatable bonds is 7. The first-order valence-corrected chi connectivity index (χ1v) is 10.7. The van der Waals surface area contributed by atoms with Crippen LogP contribution < -0.4 is 11.1 Å². The van der Waals surface area contributed by atoms with Crippen LogP contribution in [0.1, 0.15) is 24.1 Å². The second kappa shape index (κ2) is 9.15. The lowest BCUT2D eigenvalue weighted by Crippen LogP contribution is -2.39. The summed E-state index contributed by atoms with van der Waals surface area (Å²) in [6, 6.07) is 13.2. The monoisotopic (exact) mass is 421 g/mol. The van der Waals surface area contributed by atoms with Crippen LogP contribution in [0.4, 0.5) is 5.69 Å². The summed E-state index contributed by atoms with van der Waals surface area (Å²) in [6.07, 6.45) is 3.70. The van der Waals surface area contributed by atoms with Gasteiger partial charge in [-0.25, -0.2) is 4.98 Å². The van der Waals surface area contributed by atoms with Crippen LogP contribution in [0.3, 0.4) is 0 Å². The normalized spacial score (nSPS) is 16.5. The molecule has 1 aliphatic heterocycles. The second-order valence-electron chi connectivity index (χ2n) is 7.32. The molecule has 2 amide bonds. The zero-order valence-electron chi connectivity index (χ0n) is 16.5. The van der Waals surface area contributed by atoms with Gasteiger partial charge in [0.15, 0.2) is 0 Å². The quantitative estimate of drug-likeness (QED) is 0.611. The van der Waals surface area contributed by atoms with E-state index in [2.05, 4.69) is 20.2 Å². The number of amides is 2. The Balaban J connectivity index is 1.36. The van der Waals surface area contributed by atoms with Crippen molar-refractivity contribution in [3.63, 3.8) is 0 Å². The highest BCUT2D eigenvalue weighted by molar-refractivity contribution is 7.13. The van der Waals surface area contributed by atoms with E-state index in [4.69, 9.17) is 5.73 Å². The predicted octanol–water partition coefficient (Wildman–Crippen LogP) is 2.84. The number of hydrogen-bond acceptors (Lipinski definition) is 6. The molecule has 2 aromatic heterocycles. The van der Waals surface area contributed by atoms with E-state index < -0.39 is 0 Å². The molecule has 1 aliphatic rings. The number of carbonyl (C=O) groups excluding carboxylic acids is 2. The van der Waals surface area contributed by atoms with E-state index >= 15 is 0 Å². The molecule has 3 N–H and O–H groups in total. The van der Waals surface area contributed by atoms with Crippen LogP contribution in [0.5, 0.6) is 0 Å². The third kappa shape index (κ3) is 4.90. The van der Waals surface area contributed by atoms with E-state index in [-0.39, 0.29) is 24.3 Å². The van der Waals surface area contributed by atoms with E-state index in [0.29, 0.717) is 6.54 Å². The third-order valence-corrected chi connectivity index (χ3v) is 5.98. The molecule has 4 rings (SSSR count). The van der Waals surface area contributed by atoms with Crippen LogP contribution in [-0.2, 0) is 22.6 Å². The number of aromatic nitrogens is 2. The molecule has 0 spiro atoms. The zero-order valence-corrected chi connectivity index (χ0v) is 17.3. The van der Waals surface area contributed by atoms with Crippen molar-refractivity contribution in [3.8, 4) is 10.7 Å². The van der Waals surface area contributed by atoms with Gasteiger partial charge in [0.2, 0.25) is 11.8 Å². The predicted molar refractivity (Wildman–Crippen MR) is 117 cm³/mol. The Hall–Kier alpha value is -3.10. The van der Waals surface area contributed by atoms with Crippen LogP contribution in [0, 0.1) is 0 Å². The van der Waals surface area contributed by atoms with Gasteiger partial charge in [-0.2, -0.15) is 0 Å². The smallest absolute Gasteiger partial charge is 0.234 e. The maximum atomic E-state index is 12.5. The van der Waals surface area contributed by atoms with E-state index in [9.17, 15) is 9.59 Å². The Kier molecular flexibility index (Phi) is 6.15. The Labute approximate surface area is 179 Å². The number of nitrogens with one attached hydrogen (secondary N) is 1. The number of carbonyl (C=O) groups is 2. The van der Waals surface area contributed by atoms with Crippen LogP contribution in [0.2, 0.25) is 0 Å². The maximum absolute atomic E-state index is 12.5. The van der Waals surface area contributed by atoms with Crippen molar-refractivity contribution in [3.05, 3.63) is 65.3 Å². The van der Waals surface area contributed by atoms with Gasteiger partial charge in [-0.3, -0.25) is 19.5 Å². The highest BCUT2D eigenvalue weighted by Gasteiger charge is 2.28. The lowest BCUT2D eigenvalue weighted by Gasteiger charge is -2.22.